The van der Waals surface area contributed by atoms with Crippen molar-refractivity contribution in [2.24, 2.45) is 0 Å². The van der Waals surface area contributed by atoms with E-state index >= 15 is 0 Å². The summed E-state index contributed by atoms with van der Waals surface area (Å²) in [6.45, 7) is 3.18. The summed E-state index contributed by atoms with van der Waals surface area (Å²) in [5.41, 5.74) is 0. The van der Waals surface area contributed by atoms with Crippen molar-refractivity contribution in [3.63, 3.8) is 0 Å². The molecule has 0 bridgehead atoms. The van der Waals surface area contributed by atoms with E-state index in [1.165, 1.54) is 64.2 Å². The summed E-state index contributed by atoms with van der Waals surface area (Å²) in [5.74, 6) is 33.0. The Morgan fingerprint density at radius 2 is 1.07 bits per heavy atom. The van der Waals surface area contributed by atoms with Gasteiger partial charge in [-0.3, -0.25) is 4.79 Å². The molecule has 1 atom stereocenters. The zero-order valence-electron chi connectivity index (χ0n) is 24.5. The molecule has 0 aromatic rings. The van der Waals surface area contributed by atoms with Crippen molar-refractivity contribution >= 4 is 25.4 Å². The molecule has 0 saturated heterocycles. The summed E-state index contributed by atoms with van der Waals surface area (Å²) < 4.78 is 10.1. The van der Waals surface area contributed by atoms with Gasteiger partial charge in [0.05, 0.1) is 6.61 Å². The van der Waals surface area contributed by atoms with Crippen LogP contribution in [0.5, 0.6) is 0 Å². The Balaban J connectivity index is -0.0000000836. The topological polar surface area (TPSA) is 72.8 Å². The SMILES string of the molecule is CC#CC#CC#CC#CC#CC#CC#CC(=O)OC[C@H](CO)OC(=O)CCCCCCCCCCCCCCC.S.[HH].[HH].[HH].[HH].[HH].[HH].[HH].[HH].[HH].[HH].[HH].[HH].[HH]. The smallest absolute Gasteiger partial charge is 0.385 e. The summed E-state index contributed by atoms with van der Waals surface area (Å²) in [7, 11) is 0. The predicted octanol–water partition coefficient (Wildman–Crippen LogP) is 8.27. The Hall–Kier alpha value is -3.83. The molecule has 244 valence electrons. The van der Waals surface area contributed by atoms with Gasteiger partial charge >= 0.3 is 11.9 Å². The Morgan fingerprint density at radius 3 is 1.51 bits per heavy atom. The molecule has 0 spiro atoms. The third kappa shape index (κ3) is 30.6. The van der Waals surface area contributed by atoms with Gasteiger partial charge in [0.2, 0.25) is 0 Å². The lowest BCUT2D eigenvalue weighted by atomic mass is 10.0. The van der Waals surface area contributed by atoms with Gasteiger partial charge in [-0.05, 0) is 84.4 Å². The molecule has 0 amide bonds. The van der Waals surface area contributed by atoms with Gasteiger partial charge in [-0.15, -0.1) is 0 Å². The second-order valence-corrected chi connectivity index (χ2v) is 8.76. The van der Waals surface area contributed by atoms with E-state index in [2.05, 4.69) is 89.8 Å². The molecular weight excluding hydrogens is 532 g/mol. The van der Waals surface area contributed by atoms with Crippen molar-refractivity contribution in [2.75, 3.05) is 13.2 Å². The molecule has 0 unspecified atom stereocenters. The second-order valence-electron chi connectivity index (χ2n) is 8.76. The molecule has 0 aliphatic rings. The van der Waals surface area contributed by atoms with Crippen molar-refractivity contribution in [1.29, 1.82) is 0 Å². The highest BCUT2D eigenvalue weighted by molar-refractivity contribution is 7.59. The maximum atomic E-state index is 12.0. The fourth-order valence-electron chi connectivity index (χ4n) is 3.32. The average molecular weight is 601 g/mol. The number of esters is 2. The van der Waals surface area contributed by atoms with E-state index in [1.54, 1.807) is 6.92 Å². The zero-order valence-corrected chi connectivity index (χ0v) is 25.5. The van der Waals surface area contributed by atoms with Crippen LogP contribution >= 0.6 is 13.5 Å². The van der Waals surface area contributed by atoms with E-state index in [4.69, 9.17) is 9.47 Å². The van der Waals surface area contributed by atoms with E-state index in [0.717, 1.165) is 19.3 Å². The van der Waals surface area contributed by atoms with E-state index in [1.807, 2.05) is 0 Å². The number of aliphatic hydroxyl groups excluding tert-OH is 1. The molecule has 6 heteroatoms. The van der Waals surface area contributed by atoms with Gasteiger partial charge < -0.3 is 14.6 Å². The highest BCUT2D eigenvalue weighted by Gasteiger charge is 2.15. The van der Waals surface area contributed by atoms with Crippen LogP contribution in [0.3, 0.4) is 0 Å². The number of carbonyl (C=O) groups excluding carboxylic acids is 2. The molecule has 0 saturated carbocycles. The third-order valence-corrected chi connectivity index (χ3v) is 5.36. The van der Waals surface area contributed by atoms with Crippen LogP contribution in [-0.4, -0.2) is 36.4 Å². The van der Waals surface area contributed by atoms with E-state index < -0.39 is 24.6 Å². The van der Waals surface area contributed by atoms with Crippen LogP contribution in [0.25, 0.3) is 0 Å². The van der Waals surface area contributed by atoms with Gasteiger partial charge in [-0.1, -0.05) is 89.9 Å². The summed E-state index contributed by atoms with van der Waals surface area (Å²) in [4.78, 5) is 23.7. The van der Waals surface area contributed by atoms with Crippen LogP contribution in [0.1, 0.15) is 122 Å². The zero-order chi connectivity index (χ0) is 29.4. The summed E-state index contributed by atoms with van der Waals surface area (Å²) >= 11 is 0. The van der Waals surface area contributed by atoms with Crippen LogP contribution < -0.4 is 0 Å². The lowest BCUT2D eigenvalue weighted by molar-refractivity contribution is -0.159. The molecule has 0 aliphatic heterocycles. The first-order valence-electron chi connectivity index (χ1n) is 14.0. The molecular formula is C35H68O5S. The molecule has 41 heavy (non-hydrogen) atoms. The Morgan fingerprint density at radius 1 is 0.659 bits per heavy atom. The number of hydrogen-bond donors (Lipinski definition) is 1. The molecule has 5 nitrogen and oxygen atoms in total. The Kier molecular flexibility index (Phi) is 31.1. The van der Waals surface area contributed by atoms with E-state index in [9.17, 15) is 14.7 Å². The van der Waals surface area contributed by atoms with Gasteiger partial charge in [-0.25, -0.2) is 4.79 Å². The molecule has 1 N–H and O–H groups in total. The van der Waals surface area contributed by atoms with Gasteiger partial charge in [0, 0.05) is 30.9 Å². The van der Waals surface area contributed by atoms with Gasteiger partial charge in [-0.2, -0.15) is 13.5 Å². The van der Waals surface area contributed by atoms with E-state index in [-0.39, 0.29) is 45.1 Å². The minimum Gasteiger partial charge on any atom is -0.456 e. The molecule has 0 aliphatic carbocycles. The van der Waals surface area contributed by atoms with Crippen molar-refractivity contribution < 1.29 is 42.7 Å². The monoisotopic (exact) mass is 600 g/mol. The predicted molar refractivity (Wildman–Crippen MR) is 196 cm³/mol. The number of unbranched alkanes of at least 4 members (excludes halogenated alkanes) is 12. The lowest BCUT2D eigenvalue weighted by Crippen LogP contribution is -2.28. The number of ether oxygens (including phenoxy) is 2. The third-order valence-electron chi connectivity index (χ3n) is 5.36. The quantitative estimate of drug-likeness (QED) is 0.0742. The normalized spacial score (nSPS) is 8.95. The molecule has 0 aromatic heterocycles. The number of aliphatic hydroxyl groups is 1. The minimum atomic E-state index is -0.926. The lowest BCUT2D eigenvalue weighted by Gasteiger charge is -2.14. The average Bonchev–Trinajstić information content (AvgIpc) is 2.96. The number of carbonyl (C=O) groups is 2. The second kappa shape index (κ2) is 32.4. The van der Waals surface area contributed by atoms with Gasteiger partial charge in [0.25, 0.3) is 0 Å². The molecule has 0 radical (unpaired) electrons. The first-order valence-corrected chi connectivity index (χ1v) is 14.0. The maximum absolute atomic E-state index is 12.0. The first-order chi connectivity index (χ1) is 19.6. The van der Waals surface area contributed by atoms with Crippen LogP contribution in [0.4, 0.5) is 0 Å². The largest absolute Gasteiger partial charge is 0.456 e. The summed E-state index contributed by atoms with van der Waals surface area (Å²) in [6.07, 6.45) is 15.3. The Labute approximate surface area is 274 Å². The summed E-state index contributed by atoms with van der Waals surface area (Å²) in [5, 5.41) is 9.40. The first kappa shape index (κ1) is 39.3. The van der Waals surface area contributed by atoms with Crippen LogP contribution in [0.15, 0.2) is 0 Å². The minimum absolute atomic E-state index is 0. The fourth-order valence-corrected chi connectivity index (χ4v) is 3.32. The fraction of sp³-hybridized carbons (Fsp3) is 0.543. The number of hydrogen-bond acceptors (Lipinski definition) is 5. The number of rotatable bonds is 18. The van der Waals surface area contributed by atoms with Crippen molar-refractivity contribution in [1.82, 2.24) is 0 Å². The molecule has 0 aromatic carbocycles. The van der Waals surface area contributed by atoms with Crippen molar-refractivity contribution in [3.05, 3.63) is 0 Å². The Bertz CT molecular complexity index is 1230. The van der Waals surface area contributed by atoms with Crippen LogP contribution in [0.2, 0.25) is 0 Å². The van der Waals surface area contributed by atoms with Crippen molar-refractivity contribution in [2.45, 2.75) is 110 Å². The molecule has 0 fully saturated rings. The van der Waals surface area contributed by atoms with Gasteiger partial charge in [0.1, 0.15) is 6.61 Å². The molecule has 0 rings (SSSR count). The molecule has 0 heterocycles. The maximum Gasteiger partial charge on any atom is 0.385 e. The van der Waals surface area contributed by atoms with Gasteiger partial charge in [0.15, 0.2) is 6.10 Å². The van der Waals surface area contributed by atoms with Crippen molar-refractivity contribution in [3.8, 4) is 82.9 Å². The standard InChI is InChI=1S/C35H40O5.H2S.13H2/c1-3-5-7-9-11-13-15-17-19-21-23-25-27-29-34(37)39-32-33(31-36)40-35(38)30-28-26-24-22-20-18-16-14-12-10-8-6-4-2;;;;;;;;;;;;;;/h33,36H,4,6,8,10,12,14,16,18,20,22,24,26,28,30-32H2,1-2H3;1H2;13*1H/t33-;;;;;;;;;;;;;;/m0............../s1. The van der Waals surface area contributed by atoms with Crippen LogP contribution in [-0.2, 0) is 19.1 Å². The highest BCUT2D eigenvalue weighted by atomic mass is 32.1. The highest BCUT2D eigenvalue weighted by Crippen LogP contribution is 2.13. The van der Waals surface area contributed by atoms with E-state index in [0.29, 0.717) is 0 Å². The van der Waals surface area contributed by atoms with Crippen LogP contribution in [0, 0.1) is 82.9 Å². The summed E-state index contributed by atoms with van der Waals surface area (Å²) in [6, 6.07) is 0.